The second-order valence-corrected chi connectivity index (χ2v) is 5.46. The number of aliphatic hydroxyl groups is 1. The van der Waals surface area contributed by atoms with Gasteiger partial charge in [-0.2, -0.15) is 0 Å². The zero-order valence-electron chi connectivity index (χ0n) is 12.3. The van der Waals surface area contributed by atoms with Crippen molar-refractivity contribution in [1.29, 1.82) is 0 Å². The molecule has 3 rings (SSSR count). The molecule has 0 radical (unpaired) electrons. The summed E-state index contributed by atoms with van der Waals surface area (Å²) in [6.07, 6.45) is -1.39. The molecule has 5 heteroatoms. The van der Waals surface area contributed by atoms with Gasteiger partial charge in [0.1, 0.15) is 11.6 Å². The van der Waals surface area contributed by atoms with Crippen molar-refractivity contribution in [3.8, 4) is 5.75 Å². The molecule has 0 aliphatic carbocycles. The maximum atomic E-state index is 13.2. The molecule has 2 aromatic carbocycles. The van der Waals surface area contributed by atoms with Crippen molar-refractivity contribution in [2.45, 2.75) is 11.8 Å². The molecule has 1 aliphatic heterocycles. The van der Waals surface area contributed by atoms with E-state index in [0.717, 1.165) is 0 Å². The largest absolute Gasteiger partial charge is 0.461 e. The van der Waals surface area contributed by atoms with Crippen LogP contribution in [0.25, 0.3) is 0 Å². The number of benzene rings is 2. The van der Waals surface area contributed by atoms with Crippen LogP contribution in [0.2, 0.25) is 0 Å². The quantitative estimate of drug-likeness (QED) is 0.923. The van der Waals surface area contributed by atoms with Crippen molar-refractivity contribution in [3.05, 3.63) is 65.5 Å². The third kappa shape index (κ3) is 1.94. The topological polar surface area (TPSA) is 49.8 Å². The van der Waals surface area contributed by atoms with Gasteiger partial charge < -0.3 is 9.84 Å². The van der Waals surface area contributed by atoms with E-state index in [1.165, 1.54) is 24.3 Å². The predicted molar refractivity (Wildman–Crippen MR) is 79.2 cm³/mol. The van der Waals surface area contributed by atoms with E-state index in [9.17, 15) is 14.3 Å². The summed E-state index contributed by atoms with van der Waals surface area (Å²) in [4.78, 5) is 14.7. The van der Waals surface area contributed by atoms with Gasteiger partial charge in [0.25, 0.3) is 0 Å². The SMILES string of the molecule is CN(C)C1(c2ccc(F)cc2)C(=O)c2ccccc2OC1O. The van der Waals surface area contributed by atoms with Crippen molar-refractivity contribution in [2.75, 3.05) is 14.1 Å². The minimum absolute atomic E-state index is 0.279. The van der Waals surface area contributed by atoms with Crippen LogP contribution in [0.15, 0.2) is 48.5 Å². The van der Waals surface area contributed by atoms with Crippen LogP contribution >= 0.6 is 0 Å². The molecule has 2 unspecified atom stereocenters. The number of Topliss-reactive ketones (excluding diaryl/α,β-unsaturated/α-hetero) is 1. The average Bonchev–Trinajstić information content (AvgIpc) is 2.49. The molecule has 0 fully saturated rings. The van der Waals surface area contributed by atoms with Crippen LogP contribution in [0.4, 0.5) is 4.39 Å². The van der Waals surface area contributed by atoms with Crippen LogP contribution in [0.5, 0.6) is 5.75 Å². The molecule has 0 aromatic heterocycles. The lowest BCUT2D eigenvalue weighted by molar-refractivity contribution is -0.117. The molecule has 0 bridgehead atoms. The van der Waals surface area contributed by atoms with Gasteiger partial charge in [-0.3, -0.25) is 9.69 Å². The van der Waals surface area contributed by atoms with Gasteiger partial charge in [0.05, 0.1) is 5.56 Å². The lowest BCUT2D eigenvalue weighted by Gasteiger charge is -2.44. The Morgan fingerprint density at radius 3 is 2.41 bits per heavy atom. The van der Waals surface area contributed by atoms with E-state index < -0.39 is 17.6 Å². The maximum Gasteiger partial charge on any atom is 0.227 e. The van der Waals surface area contributed by atoms with Crippen LogP contribution in [0.1, 0.15) is 15.9 Å². The number of para-hydroxylation sites is 1. The molecular weight excluding hydrogens is 285 g/mol. The van der Waals surface area contributed by atoms with Crippen LogP contribution < -0.4 is 4.74 Å². The van der Waals surface area contributed by atoms with E-state index in [1.807, 2.05) is 0 Å². The standard InChI is InChI=1S/C17H16FNO3/c1-19(2)17(11-7-9-12(18)10-8-11)15(20)13-5-3-4-6-14(13)22-16(17)21/h3-10,16,21H,1-2H3. The molecule has 114 valence electrons. The van der Waals surface area contributed by atoms with E-state index in [2.05, 4.69) is 0 Å². The van der Waals surface area contributed by atoms with Gasteiger partial charge in [-0.05, 0) is 43.9 Å². The van der Waals surface area contributed by atoms with E-state index in [1.54, 1.807) is 43.3 Å². The fraction of sp³-hybridized carbons (Fsp3) is 0.235. The Labute approximate surface area is 127 Å². The lowest BCUT2D eigenvalue weighted by Crippen LogP contribution is -2.60. The van der Waals surface area contributed by atoms with Gasteiger partial charge in [-0.1, -0.05) is 24.3 Å². The molecular formula is C17H16FNO3. The Balaban J connectivity index is 2.23. The molecule has 1 heterocycles. The number of ether oxygens (including phenoxy) is 1. The minimum atomic E-state index is -1.41. The molecule has 0 saturated carbocycles. The number of hydrogen-bond donors (Lipinski definition) is 1. The van der Waals surface area contributed by atoms with Gasteiger partial charge in [0.2, 0.25) is 6.29 Å². The molecule has 0 spiro atoms. The number of ketones is 1. The predicted octanol–water partition coefficient (Wildman–Crippen LogP) is 2.18. The van der Waals surface area contributed by atoms with E-state index in [4.69, 9.17) is 4.74 Å². The summed E-state index contributed by atoms with van der Waals surface area (Å²) in [5, 5.41) is 10.6. The number of carbonyl (C=O) groups is 1. The van der Waals surface area contributed by atoms with E-state index in [0.29, 0.717) is 16.9 Å². The number of rotatable bonds is 2. The molecule has 0 saturated heterocycles. The first-order valence-corrected chi connectivity index (χ1v) is 6.90. The maximum absolute atomic E-state index is 13.2. The third-order valence-corrected chi connectivity index (χ3v) is 4.06. The van der Waals surface area contributed by atoms with Crippen molar-refractivity contribution in [2.24, 2.45) is 0 Å². The summed E-state index contributed by atoms with van der Waals surface area (Å²) in [5.41, 5.74) is -0.543. The highest BCUT2D eigenvalue weighted by Gasteiger charge is 2.54. The molecule has 4 nitrogen and oxygen atoms in total. The summed E-state index contributed by atoms with van der Waals surface area (Å²) in [5.74, 6) is -0.338. The van der Waals surface area contributed by atoms with Crippen LogP contribution in [-0.4, -0.2) is 36.2 Å². The van der Waals surface area contributed by atoms with Crippen molar-refractivity contribution in [3.63, 3.8) is 0 Å². The number of likely N-dealkylation sites (N-methyl/N-ethyl adjacent to an activating group) is 1. The third-order valence-electron chi connectivity index (χ3n) is 4.06. The smallest absolute Gasteiger partial charge is 0.227 e. The number of carbonyl (C=O) groups excluding carboxylic acids is 1. The zero-order chi connectivity index (χ0) is 15.9. The highest BCUT2D eigenvalue weighted by Crippen LogP contribution is 2.41. The Hall–Kier alpha value is -2.24. The number of hydrogen-bond acceptors (Lipinski definition) is 4. The number of aliphatic hydroxyl groups excluding tert-OH is 1. The van der Waals surface area contributed by atoms with Crippen LogP contribution in [-0.2, 0) is 5.54 Å². The fourth-order valence-electron chi connectivity index (χ4n) is 2.94. The Morgan fingerprint density at radius 1 is 1.14 bits per heavy atom. The van der Waals surface area contributed by atoms with Crippen molar-refractivity contribution < 1.29 is 19.0 Å². The molecule has 22 heavy (non-hydrogen) atoms. The summed E-state index contributed by atoms with van der Waals surface area (Å²) >= 11 is 0. The molecule has 0 amide bonds. The Bertz CT molecular complexity index is 714. The van der Waals surface area contributed by atoms with E-state index >= 15 is 0 Å². The van der Waals surface area contributed by atoms with Crippen molar-refractivity contribution >= 4 is 5.78 Å². The second-order valence-electron chi connectivity index (χ2n) is 5.46. The second kappa shape index (κ2) is 5.19. The van der Waals surface area contributed by atoms with Gasteiger partial charge in [0.15, 0.2) is 11.3 Å². The molecule has 2 atom stereocenters. The zero-order valence-corrected chi connectivity index (χ0v) is 12.3. The summed E-state index contributed by atoms with van der Waals surface area (Å²) in [6.45, 7) is 0. The first-order valence-electron chi connectivity index (χ1n) is 6.90. The summed E-state index contributed by atoms with van der Waals surface area (Å²) < 4.78 is 18.8. The first-order chi connectivity index (χ1) is 10.5. The van der Waals surface area contributed by atoms with Gasteiger partial charge in [-0.15, -0.1) is 0 Å². The van der Waals surface area contributed by atoms with Gasteiger partial charge >= 0.3 is 0 Å². The van der Waals surface area contributed by atoms with Crippen LogP contribution in [0.3, 0.4) is 0 Å². The molecule has 1 N–H and O–H groups in total. The first kappa shape index (κ1) is 14.7. The number of nitrogens with zero attached hydrogens (tertiary/aromatic N) is 1. The summed E-state index contributed by atoms with van der Waals surface area (Å²) in [7, 11) is 3.36. The molecule has 1 aliphatic rings. The number of fused-ring (bicyclic) bond motifs is 1. The number of halogens is 1. The highest BCUT2D eigenvalue weighted by atomic mass is 19.1. The lowest BCUT2D eigenvalue weighted by atomic mass is 9.79. The fourth-order valence-corrected chi connectivity index (χ4v) is 2.94. The summed E-state index contributed by atoms with van der Waals surface area (Å²) in [6, 6.07) is 12.3. The molecule has 2 aromatic rings. The van der Waals surface area contributed by atoms with Crippen LogP contribution in [0, 0.1) is 5.82 Å². The van der Waals surface area contributed by atoms with Gasteiger partial charge in [0, 0.05) is 0 Å². The normalized spacial score (nSPS) is 24.0. The van der Waals surface area contributed by atoms with Crippen molar-refractivity contribution in [1.82, 2.24) is 4.90 Å². The average molecular weight is 301 g/mol. The van der Waals surface area contributed by atoms with E-state index in [-0.39, 0.29) is 5.78 Å². The Kier molecular flexibility index (Phi) is 3.47. The monoisotopic (exact) mass is 301 g/mol. The Morgan fingerprint density at radius 2 is 1.77 bits per heavy atom. The highest BCUT2D eigenvalue weighted by molar-refractivity contribution is 6.07. The van der Waals surface area contributed by atoms with Gasteiger partial charge in [-0.25, -0.2) is 4.39 Å². The minimum Gasteiger partial charge on any atom is -0.461 e.